The molecule has 0 aliphatic rings. The Morgan fingerprint density at radius 3 is 2.95 bits per heavy atom. The van der Waals surface area contributed by atoms with Crippen molar-refractivity contribution in [2.75, 3.05) is 0 Å². The summed E-state index contributed by atoms with van der Waals surface area (Å²) in [6, 6.07) is 4.33. The molecule has 106 valence electrons. The third-order valence-corrected chi connectivity index (χ3v) is 3.83. The van der Waals surface area contributed by atoms with Gasteiger partial charge in [0.05, 0.1) is 15.7 Å². The van der Waals surface area contributed by atoms with Gasteiger partial charge in [-0.15, -0.1) is 11.3 Å². The minimum atomic E-state index is -0.995. The van der Waals surface area contributed by atoms with Gasteiger partial charge in [0.15, 0.2) is 0 Å². The highest BCUT2D eigenvalue weighted by molar-refractivity contribution is 7.16. The smallest absolute Gasteiger partial charge is 0.326 e. The number of nitrogens with zero attached hydrogens (tertiary/aromatic N) is 1. The van der Waals surface area contributed by atoms with Crippen LogP contribution in [0, 0.1) is 0 Å². The van der Waals surface area contributed by atoms with E-state index in [0.717, 1.165) is 23.1 Å². The fourth-order valence-electron chi connectivity index (χ4n) is 1.90. The van der Waals surface area contributed by atoms with E-state index in [1.807, 2.05) is 6.92 Å². The fraction of sp³-hybridized carbons (Fsp3) is 0.357. The average Bonchev–Trinajstić information content (AvgIpc) is 2.90. The maximum atomic E-state index is 12.1. The van der Waals surface area contributed by atoms with E-state index in [0.29, 0.717) is 12.0 Å². The van der Waals surface area contributed by atoms with Crippen molar-refractivity contribution < 1.29 is 14.7 Å². The van der Waals surface area contributed by atoms with Crippen LogP contribution in [0.4, 0.5) is 0 Å². The Morgan fingerprint density at radius 1 is 1.45 bits per heavy atom. The molecule has 1 amide bonds. The molecule has 0 saturated carbocycles. The molecule has 1 aromatic heterocycles. The SMILES string of the molecule is CCCC[C@H](NC(=O)c1ccc2ncsc2c1)C(=O)O. The van der Waals surface area contributed by atoms with Crippen LogP contribution in [0.5, 0.6) is 0 Å². The number of amides is 1. The monoisotopic (exact) mass is 292 g/mol. The van der Waals surface area contributed by atoms with Crippen LogP contribution in [0.1, 0.15) is 36.5 Å². The third kappa shape index (κ3) is 3.33. The Bertz CT molecular complexity index is 624. The largest absolute Gasteiger partial charge is 0.480 e. The van der Waals surface area contributed by atoms with Crippen molar-refractivity contribution in [1.82, 2.24) is 10.3 Å². The molecule has 0 fully saturated rings. The molecule has 2 aromatic rings. The van der Waals surface area contributed by atoms with Crippen LogP contribution < -0.4 is 5.32 Å². The molecule has 0 saturated heterocycles. The van der Waals surface area contributed by atoms with Gasteiger partial charge >= 0.3 is 5.97 Å². The van der Waals surface area contributed by atoms with Crippen LogP contribution in [0.2, 0.25) is 0 Å². The highest BCUT2D eigenvalue weighted by atomic mass is 32.1. The second kappa shape index (κ2) is 6.47. The van der Waals surface area contributed by atoms with Gasteiger partial charge in [-0.25, -0.2) is 9.78 Å². The first-order valence-electron chi connectivity index (χ1n) is 6.48. The van der Waals surface area contributed by atoms with Gasteiger partial charge in [0.2, 0.25) is 0 Å². The van der Waals surface area contributed by atoms with Gasteiger partial charge in [0.25, 0.3) is 5.91 Å². The van der Waals surface area contributed by atoms with Crippen molar-refractivity contribution in [3.8, 4) is 0 Å². The van der Waals surface area contributed by atoms with E-state index >= 15 is 0 Å². The second-order valence-electron chi connectivity index (χ2n) is 4.54. The average molecular weight is 292 g/mol. The number of carboxylic acid groups (broad SMARTS) is 1. The molecular weight excluding hydrogens is 276 g/mol. The molecule has 0 radical (unpaired) electrons. The van der Waals surface area contributed by atoms with Crippen molar-refractivity contribution in [2.45, 2.75) is 32.2 Å². The number of carboxylic acids is 1. The number of aliphatic carboxylic acids is 1. The van der Waals surface area contributed by atoms with Crippen molar-refractivity contribution in [3.05, 3.63) is 29.3 Å². The van der Waals surface area contributed by atoms with Crippen molar-refractivity contribution in [2.24, 2.45) is 0 Å². The summed E-state index contributed by atoms with van der Waals surface area (Å²) in [5.41, 5.74) is 3.02. The standard InChI is InChI=1S/C14H16N2O3S/c1-2-3-4-11(14(18)19)16-13(17)9-5-6-10-12(7-9)20-8-15-10/h5-8,11H,2-4H2,1H3,(H,16,17)(H,18,19)/t11-/m0/s1. The number of thiazole rings is 1. The molecule has 0 bridgehead atoms. The molecule has 0 unspecified atom stereocenters. The minimum absolute atomic E-state index is 0.358. The molecule has 2 N–H and O–H groups in total. The summed E-state index contributed by atoms with van der Waals surface area (Å²) < 4.78 is 0.915. The zero-order chi connectivity index (χ0) is 14.5. The highest BCUT2D eigenvalue weighted by Gasteiger charge is 2.20. The number of nitrogens with one attached hydrogen (secondary N) is 1. The van der Waals surface area contributed by atoms with E-state index in [1.54, 1.807) is 23.7 Å². The summed E-state index contributed by atoms with van der Waals surface area (Å²) in [5, 5.41) is 11.7. The highest BCUT2D eigenvalue weighted by Crippen LogP contribution is 2.19. The molecule has 1 aromatic carbocycles. The lowest BCUT2D eigenvalue weighted by Gasteiger charge is -2.14. The summed E-state index contributed by atoms with van der Waals surface area (Å²) in [7, 11) is 0. The maximum absolute atomic E-state index is 12.1. The molecule has 5 nitrogen and oxygen atoms in total. The van der Waals surface area contributed by atoms with E-state index in [1.165, 1.54) is 11.3 Å². The lowest BCUT2D eigenvalue weighted by molar-refractivity contribution is -0.139. The van der Waals surface area contributed by atoms with E-state index < -0.39 is 12.0 Å². The van der Waals surface area contributed by atoms with E-state index in [-0.39, 0.29) is 5.91 Å². The molecule has 1 heterocycles. The number of hydrogen-bond acceptors (Lipinski definition) is 4. The summed E-state index contributed by atoms with van der Waals surface area (Å²) in [5.74, 6) is -1.35. The zero-order valence-electron chi connectivity index (χ0n) is 11.1. The van der Waals surface area contributed by atoms with Crippen molar-refractivity contribution in [3.63, 3.8) is 0 Å². The molecule has 0 aliphatic carbocycles. The van der Waals surface area contributed by atoms with Crippen LogP contribution in [0.3, 0.4) is 0 Å². The Hall–Kier alpha value is -1.95. The number of carbonyl (C=O) groups is 2. The predicted molar refractivity (Wildman–Crippen MR) is 78.0 cm³/mol. The van der Waals surface area contributed by atoms with Crippen LogP contribution in [0.15, 0.2) is 23.7 Å². The van der Waals surface area contributed by atoms with Crippen molar-refractivity contribution >= 4 is 33.4 Å². The Morgan fingerprint density at radius 2 is 2.25 bits per heavy atom. The van der Waals surface area contributed by atoms with E-state index in [2.05, 4.69) is 10.3 Å². The summed E-state index contributed by atoms with van der Waals surface area (Å²) in [6.07, 6.45) is 2.11. The van der Waals surface area contributed by atoms with Crippen molar-refractivity contribution in [1.29, 1.82) is 0 Å². The van der Waals surface area contributed by atoms with Gasteiger partial charge in [-0.1, -0.05) is 19.8 Å². The van der Waals surface area contributed by atoms with Crippen LogP contribution >= 0.6 is 11.3 Å². The molecule has 6 heteroatoms. The number of benzene rings is 1. The van der Waals surface area contributed by atoms with Gasteiger partial charge in [0.1, 0.15) is 6.04 Å². The van der Waals surface area contributed by atoms with Gasteiger partial charge < -0.3 is 10.4 Å². The van der Waals surface area contributed by atoms with Gasteiger partial charge in [0, 0.05) is 5.56 Å². The topological polar surface area (TPSA) is 79.3 Å². The maximum Gasteiger partial charge on any atom is 0.326 e. The Kier molecular flexibility index (Phi) is 4.68. The molecule has 20 heavy (non-hydrogen) atoms. The molecule has 1 atom stereocenters. The third-order valence-electron chi connectivity index (χ3n) is 3.04. The van der Waals surface area contributed by atoms with Gasteiger partial charge in [-0.3, -0.25) is 4.79 Å². The Balaban J connectivity index is 2.10. The van der Waals surface area contributed by atoms with Crippen LogP contribution in [-0.4, -0.2) is 28.0 Å². The van der Waals surface area contributed by atoms with Gasteiger partial charge in [-0.05, 0) is 24.6 Å². The molecule has 2 rings (SSSR count). The lowest BCUT2D eigenvalue weighted by Crippen LogP contribution is -2.40. The summed E-state index contributed by atoms with van der Waals surface area (Å²) in [4.78, 5) is 27.4. The van der Waals surface area contributed by atoms with Crippen LogP contribution in [0.25, 0.3) is 10.2 Å². The summed E-state index contributed by atoms with van der Waals surface area (Å²) in [6.45, 7) is 1.98. The fourth-order valence-corrected chi connectivity index (χ4v) is 2.62. The van der Waals surface area contributed by atoms with Gasteiger partial charge in [-0.2, -0.15) is 0 Å². The predicted octanol–water partition coefficient (Wildman–Crippen LogP) is 2.67. The number of hydrogen-bond donors (Lipinski definition) is 2. The minimum Gasteiger partial charge on any atom is -0.480 e. The summed E-state index contributed by atoms with van der Waals surface area (Å²) >= 11 is 1.45. The lowest BCUT2D eigenvalue weighted by atomic mass is 10.1. The molecule has 0 spiro atoms. The number of rotatable bonds is 6. The van der Waals surface area contributed by atoms with E-state index in [9.17, 15) is 9.59 Å². The number of carbonyl (C=O) groups excluding carboxylic acids is 1. The zero-order valence-corrected chi connectivity index (χ0v) is 11.9. The quantitative estimate of drug-likeness (QED) is 0.858. The van der Waals surface area contributed by atoms with E-state index in [4.69, 9.17) is 5.11 Å². The molecular formula is C14H16N2O3S. The number of fused-ring (bicyclic) bond motifs is 1. The normalized spacial score (nSPS) is 12.2. The second-order valence-corrected chi connectivity index (χ2v) is 5.43. The number of unbranched alkanes of at least 4 members (excludes halogenated alkanes) is 1. The number of aromatic nitrogens is 1. The molecule has 0 aliphatic heterocycles. The Labute approximate surface area is 120 Å². The first kappa shape index (κ1) is 14.5. The van der Waals surface area contributed by atoms with Crippen LogP contribution in [-0.2, 0) is 4.79 Å². The first-order valence-corrected chi connectivity index (χ1v) is 7.36. The first-order chi connectivity index (χ1) is 9.61.